The van der Waals surface area contributed by atoms with E-state index in [9.17, 15) is 18.4 Å². The third-order valence-corrected chi connectivity index (χ3v) is 5.53. The molecule has 0 saturated carbocycles. The number of nitrogens with one attached hydrogen (secondary N) is 1. The molecule has 4 rings (SSSR count). The fourth-order valence-corrected chi connectivity index (χ4v) is 4.01. The SMILES string of the molecule is CC(C)Sc1cncc(C(CC#N)n2cc(-c3ncnc4[nH]ccc34)cn2)c1.O=C(O)C(F)(F)F. The van der Waals surface area contributed by atoms with Gasteiger partial charge in [-0.3, -0.25) is 9.67 Å². The van der Waals surface area contributed by atoms with E-state index in [1.165, 1.54) is 6.33 Å². The number of halogens is 3. The number of carbonyl (C=O) groups is 1. The summed E-state index contributed by atoms with van der Waals surface area (Å²) >= 11 is 1.75. The van der Waals surface area contributed by atoms with Gasteiger partial charge in [-0.2, -0.15) is 23.5 Å². The topological polar surface area (TPSA) is 133 Å². The molecular formula is C22H20F3N7O2S. The number of thioether (sulfide) groups is 1. The number of alkyl halides is 3. The number of rotatable bonds is 6. The Morgan fingerprint density at radius 2 is 2.03 bits per heavy atom. The van der Waals surface area contributed by atoms with E-state index in [-0.39, 0.29) is 6.04 Å². The normalized spacial score (nSPS) is 12.1. The molecule has 9 nitrogen and oxygen atoms in total. The minimum atomic E-state index is -5.08. The molecule has 0 aromatic carbocycles. The summed E-state index contributed by atoms with van der Waals surface area (Å²) in [5.74, 6) is -2.76. The summed E-state index contributed by atoms with van der Waals surface area (Å²) in [4.78, 5) is 26.1. The van der Waals surface area contributed by atoms with Gasteiger partial charge in [0.1, 0.15) is 12.0 Å². The largest absolute Gasteiger partial charge is 0.490 e. The summed E-state index contributed by atoms with van der Waals surface area (Å²) in [6.07, 6.45) is 5.98. The van der Waals surface area contributed by atoms with Crippen molar-refractivity contribution in [3.05, 3.63) is 55.0 Å². The number of carboxylic acids is 1. The van der Waals surface area contributed by atoms with Gasteiger partial charge in [-0.15, -0.1) is 11.8 Å². The fourth-order valence-electron chi connectivity index (χ4n) is 3.14. The van der Waals surface area contributed by atoms with E-state index in [1.807, 2.05) is 35.5 Å². The Morgan fingerprint density at radius 1 is 1.29 bits per heavy atom. The molecule has 0 spiro atoms. The van der Waals surface area contributed by atoms with E-state index in [2.05, 4.69) is 51.0 Å². The van der Waals surface area contributed by atoms with Crippen LogP contribution in [0.3, 0.4) is 0 Å². The molecule has 1 unspecified atom stereocenters. The predicted molar refractivity (Wildman–Crippen MR) is 122 cm³/mol. The summed E-state index contributed by atoms with van der Waals surface area (Å²) in [5, 5.41) is 22.4. The van der Waals surface area contributed by atoms with Crippen molar-refractivity contribution in [2.45, 2.75) is 42.6 Å². The van der Waals surface area contributed by atoms with Gasteiger partial charge in [0.15, 0.2) is 0 Å². The number of hydrogen-bond donors (Lipinski definition) is 2. The van der Waals surface area contributed by atoms with Crippen LogP contribution in [0.4, 0.5) is 13.2 Å². The predicted octanol–water partition coefficient (Wildman–Crippen LogP) is 4.85. The third-order valence-electron chi connectivity index (χ3n) is 4.57. The first-order valence-corrected chi connectivity index (χ1v) is 11.1. The molecule has 4 heterocycles. The lowest BCUT2D eigenvalue weighted by molar-refractivity contribution is -0.192. The lowest BCUT2D eigenvalue weighted by atomic mass is 10.1. The highest BCUT2D eigenvalue weighted by molar-refractivity contribution is 7.99. The third kappa shape index (κ3) is 6.57. The second kappa shape index (κ2) is 11.0. The monoisotopic (exact) mass is 503 g/mol. The molecule has 2 N–H and O–H groups in total. The minimum Gasteiger partial charge on any atom is -0.475 e. The van der Waals surface area contributed by atoms with Gasteiger partial charge in [0, 0.05) is 45.9 Å². The molecule has 0 aliphatic carbocycles. The number of pyridine rings is 1. The molecule has 0 aliphatic heterocycles. The number of hydrogen-bond acceptors (Lipinski definition) is 7. The van der Waals surface area contributed by atoms with Crippen LogP contribution in [-0.2, 0) is 4.79 Å². The van der Waals surface area contributed by atoms with Crippen molar-refractivity contribution in [2.75, 3.05) is 0 Å². The van der Waals surface area contributed by atoms with Crippen LogP contribution in [0.5, 0.6) is 0 Å². The molecule has 0 aliphatic rings. The van der Waals surface area contributed by atoms with E-state index in [1.54, 1.807) is 18.0 Å². The molecule has 1 atom stereocenters. The van der Waals surface area contributed by atoms with Crippen molar-refractivity contribution < 1.29 is 23.1 Å². The lowest BCUT2D eigenvalue weighted by Gasteiger charge is -2.16. The summed E-state index contributed by atoms with van der Waals surface area (Å²) in [7, 11) is 0. The van der Waals surface area contributed by atoms with Gasteiger partial charge < -0.3 is 10.1 Å². The zero-order chi connectivity index (χ0) is 25.6. The number of aliphatic carboxylic acids is 1. The van der Waals surface area contributed by atoms with E-state index in [4.69, 9.17) is 9.90 Å². The molecule has 35 heavy (non-hydrogen) atoms. The van der Waals surface area contributed by atoms with Crippen LogP contribution in [0, 0.1) is 11.3 Å². The van der Waals surface area contributed by atoms with Crippen LogP contribution in [0.25, 0.3) is 22.3 Å². The fraction of sp³-hybridized carbons (Fsp3) is 0.273. The highest BCUT2D eigenvalue weighted by atomic mass is 32.2. The Kier molecular flexibility index (Phi) is 8.08. The van der Waals surface area contributed by atoms with Crippen molar-refractivity contribution in [2.24, 2.45) is 0 Å². The number of fused-ring (bicyclic) bond motifs is 1. The van der Waals surface area contributed by atoms with E-state index < -0.39 is 12.1 Å². The van der Waals surface area contributed by atoms with Crippen LogP contribution >= 0.6 is 11.8 Å². The van der Waals surface area contributed by atoms with Gasteiger partial charge in [0.2, 0.25) is 0 Å². The Morgan fingerprint density at radius 3 is 2.69 bits per heavy atom. The number of nitriles is 1. The average Bonchev–Trinajstić information content (AvgIpc) is 3.46. The number of aromatic amines is 1. The molecule has 0 amide bonds. The van der Waals surface area contributed by atoms with Crippen LogP contribution in [-0.4, -0.2) is 52.2 Å². The van der Waals surface area contributed by atoms with Crippen LogP contribution < -0.4 is 0 Å². The van der Waals surface area contributed by atoms with Gasteiger partial charge in [0.25, 0.3) is 0 Å². The summed E-state index contributed by atoms with van der Waals surface area (Å²) in [6, 6.07) is 6.11. The van der Waals surface area contributed by atoms with E-state index >= 15 is 0 Å². The maximum atomic E-state index is 10.6. The standard InChI is InChI=1S/C20H19N7S.C2HF3O2/c1-13(2)28-16-7-14(8-22-10-16)18(3-5-21)27-11-15(9-26-27)19-17-4-6-23-20(17)25-12-24-19;3-2(4,5)1(6)7/h4,6-13,18H,3H2,1-2H3,(H,23,24,25);(H,6,7). The van der Waals surface area contributed by atoms with Crippen molar-refractivity contribution in [3.63, 3.8) is 0 Å². The maximum Gasteiger partial charge on any atom is 0.490 e. The van der Waals surface area contributed by atoms with E-state index in [0.29, 0.717) is 11.7 Å². The average molecular weight is 504 g/mol. The Balaban J connectivity index is 0.000000429. The summed E-state index contributed by atoms with van der Waals surface area (Å²) in [6.45, 7) is 4.29. The van der Waals surface area contributed by atoms with Crippen LogP contribution in [0.2, 0.25) is 0 Å². The first kappa shape index (κ1) is 25.7. The second-order valence-corrected chi connectivity index (χ2v) is 9.12. The molecule has 0 bridgehead atoms. The van der Waals surface area contributed by atoms with Crippen molar-refractivity contribution in [1.29, 1.82) is 5.26 Å². The van der Waals surface area contributed by atoms with Gasteiger partial charge in [-0.05, 0) is 17.7 Å². The molecule has 4 aromatic heterocycles. The molecule has 0 fully saturated rings. The van der Waals surface area contributed by atoms with Crippen molar-refractivity contribution in [3.8, 4) is 17.3 Å². The zero-order valence-electron chi connectivity index (χ0n) is 18.6. The molecule has 0 saturated heterocycles. The first-order chi connectivity index (χ1) is 16.6. The molecule has 0 radical (unpaired) electrons. The van der Waals surface area contributed by atoms with Crippen LogP contribution in [0.15, 0.2) is 54.3 Å². The summed E-state index contributed by atoms with van der Waals surface area (Å²) < 4.78 is 33.6. The van der Waals surface area contributed by atoms with Crippen LogP contribution in [0.1, 0.15) is 31.9 Å². The first-order valence-electron chi connectivity index (χ1n) is 10.2. The second-order valence-electron chi connectivity index (χ2n) is 7.47. The van der Waals surface area contributed by atoms with Gasteiger partial charge in [-0.1, -0.05) is 13.8 Å². The molecule has 182 valence electrons. The Hall–Kier alpha value is -3.92. The molecule has 13 heteroatoms. The zero-order valence-corrected chi connectivity index (χ0v) is 19.4. The quantitative estimate of drug-likeness (QED) is 0.357. The van der Waals surface area contributed by atoms with Crippen molar-refractivity contribution >= 4 is 28.8 Å². The smallest absolute Gasteiger partial charge is 0.475 e. The highest BCUT2D eigenvalue weighted by Gasteiger charge is 2.38. The van der Waals surface area contributed by atoms with Gasteiger partial charge >= 0.3 is 12.1 Å². The van der Waals surface area contributed by atoms with E-state index in [0.717, 1.165) is 32.7 Å². The summed E-state index contributed by atoms with van der Waals surface area (Å²) in [5.41, 5.74) is 3.45. The lowest BCUT2D eigenvalue weighted by Crippen LogP contribution is -2.21. The van der Waals surface area contributed by atoms with Gasteiger partial charge in [0.05, 0.1) is 30.4 Å². The number of aromatic nitrogens is 6. The van der Waals surface area contributed by atoms with Gasteiger partial charge in [-0.25, -0.2) is 14.8 Å². The maximum absolute atomic E-state index is 10.6. The Labute approximate surface area is 202 Å². The number of H-pyrrole nitrogens is 1. The molecular weight excluding hydrogens is 483 g/mol. The molecule has 4 aromatic rings. The highest BCUT2D eigenvalue weighted by Crippen LogP contribution is 2.30. The minimum absolute atomic E-state index is 0.206. The Bertz CT molecular complexity index is 1340. The van der Waals surface area contributed by atoms with Crippen molar-refractivity contribution in [1.82, 2.24) is 29.7 Å². The number of carboxylic acid groups (broad SMARTS) is 1. The number of nitrogens with zero attached hydrogens (tertiary/aromatic N) is 6.